The van der Waals surface area contributed by atoms with Gasteiger partial charge in [-0.3, -0.25) is 19.8 Å². The summed E-state index contributed by atoms with van der Waals surface area (Å²) in [5, 5.41) is 20.3. The monoisotopic (exact) mass is 368 g/mol. The van der Waals surface area contributed by atoms with Gasteiger partial charge in [0.2, 0.25) is 0 Å². The van der Waals surface area contributed by atoms with E-state index >= 15 is 0 Å². The molecule has 24 heavy (non-hydrogen) atoms. The standard InChI is InChI=1S/C14H12N2O6S2/c1-7(13(19)22-2)15-12(18)11(24-14(15)23)6-8-3-4-10(17)9(5-8)16(20)21/h3-7,17H,1-2H3/b11-6+/t7-/m0/s1. The van der Waals surface area contributed by atoms with Crippen LogP contribution in [0.25, 0.3) is 6.08 Å². The molecular formula is C14H12N2O6S2. The SMILES string of the molecule is COC(=O)[C@H](C)N1C(=O)/C(=C\c2ccc(O)c([N+](=O)[O-])c2)SC1=S. The maximum absolute atomic E-state index is 12.4. The van der Waals surface area contributed by atoms with Gasteiger partial charge in [0.15, 0.2) is 5.75 Å². The van der Waals surface area contributed by atoms with Crippen molar-refractivity contribution in [3.05, 3.63) is 38.8 Å². The second-order valence-corrected chi connectivity index (χ2v) is 6.43. The quantitative estimate of drug-likeness (QED) is 0.283. The van der Waals surface area contributed by atoms with Gasteiger partial charge in [-0.15, -0.1) is 0 Å². The van der Waals surface area contributed by atoms with Crippen LogP contribution in [-0.4, -0.2) is 44.3 Å². The summed E-state index contributed by atoms with van der Waals surface area (Å²) in [7, 11) is 1.21. The largest absolute Gasteiger partial charge is 0.502 e. The summed E-state index contributed by atoms with van der Waals surface area (Å²) in [5.74, 6) is -1.56. The molecule has 0 spiro atoms. The number of nitrogens with zero attached hydrogens (tertiary/aromatic N) is 2. The Kier molecular flexibility index (Phi) is 5.20. The molecule has 0 saturated carbocycles. The molecule has 1 amide bonds. The van der Waals surface area contributed by atoms with Crippen molar-refractivity contribution in [2.24, 2.45) is 0 Å². The minimum atomic E-state index is -0.873. The third-order valence-corrected chi connectivity index (χ3v) is 4.58. The van der Waals surface area contributed by atoms with E-state index in [0.717, 1.165) is 22.7 Å². The van der Waals surface area contributed by atoms with E-state index in [1.165, 1.54) is 32.2 Å². The predicted octanol–water partition coefficient (Wildman–Crippen LogP) is 2.06. The molecule has 10 heteroatoms. The van der Waals surface area contributed by atoms with Gasteiger partial charge < -0.3 is 9.84 Å². The number of hydrogen-bond acceptors (Lipinski definition) is 8. The highest BCUT2D eigenvalue weighted by Gasteiger charge is 2.38. The molecule has 126 valence electrons. The number of hydrogen-bond donors (Lipinski definition) is 1. The number of carbonyl (C=O) groups excluding carboxylic acids is 2. The van der Waals surface area contributed by atoms with Gasteiger partial charge in [-0.05, 0) is 24.6 Å². The zero-order valence-corrected chi connectivity index (χ0v) is 14.2. The Morgan fingerprint density at radius 1 is 1.54 bits per heavy atom. The van der Waals surface area contributed by atoms with Crippen LogP contribution in [0.1, 0.15) is 12.5 Å². The lowest BCUT2D eigenvalue weighted by atomic mass is 10.1. The molecule has 0 unspecified atom stereocenters. The van der Waals surface area contributed by atoms with E-state index in [4.69, 9.17) is 12.2 Å². The highest BCUT2D eigenvalue weighted by Crippen LogP contribution is 2.35. The van der Waals surface area contributed by atoms with Gasteiger partial charge in [-0.1, -0.05) is 30.0 Å². The van der Waals surface area contributed by atoms with Crippen LogP contribution in [0.4, 0.5) is 5.69 Å². The van der Waals surface area contributed by atoms with E-state index < -0.39 is 34.3 Å². The Morgan fingerprint density at radius 3 is 2.79 bits per heavy atom. The fraction of sp³-hybridized carbons (Fsp3) is 0.214. The molecule has 1 aromatic carbocycles. The van der Waals surface area contributed by atoms with Crippen LogP contribution in [-0.2, 0) is 14.3 Å². The minimum absolute atomic E-state index is 0.192. The number of carbonyl (C=O) groups is 2. The molecule has 1 heterocycles. The Morgan fingerprint density at radius 2 is 2.21 bits per heavy atom. The van der Waals surface area contributed by atoms with Gasteiger partial charge in [0.1, 0.15) is 10.4 Å². The van der Waals surface area contributed by atoms with Crippen LogP contribution >= 0.6 is 24.0 Å². The third-order valence-electron chi connectivity index (χ3n) is 3.25. The van der Waals surface area contributed by atoms with Crippen molar-refractivity contribution < 1.29 is 24.4 Å². The number of nitro groups is 1. The van der Waals surface area contributed by atoms with Gasteiger partial charge in [0, 0.05) is 6.07 Å². The van der Waals surface area contributed by atoms with Crippen molar-refractivity contribution in [2.45, 2.75) is 13.0 Å². The number of thioether (sulfide) groups is 1. The van der Waals surface area contributed by atoms with E-state index in [-0.39, 0.29) is 9.23 Å². The molecule has 0 radical (unpaired) electrons. The van der Waals surface area contributed by atoms with Crippen LogP contribution in [0.5, 0.6) is 5.75 Å². The number of ether oxygens (including phenoxy) is 1. The van der Waals surface area contributed by atoms with Crippen LogP contribution in [0.15, 0.2) is 23.1 Å². The van der Waals surface area contributed by atoms with Gasteiger partial charge in [0.05, 0.1) is 16.9 Å². The average molecular weight is 368 g/mol. The summed E-state index contributed by atoms with van der Waals surface area (Å²) in [4.78, 5) is 35.5. The summed E-state index contributed by atoms with van der Waals surface area (Å²) in [6.07, 6.45) is 1.41. The van der Waals surface area contributed by atoms with Crippen LogP contribution in [0, 0.1) is 10.1 Å². The van der Waals surface area contributed by atoms with Crippen LogP contribution in [0.3, 0.4) is 0 Å². The number of amides is 1. The lowest BCUT2D eigenvalue weighted by Gasteiger charge is -2.20. The first-order valence-corrected chi connectivity index (χ1v) is 7.81. The summed E-state index contributed by atoms with van der Waals surface area (Å²) in [5.41, 5.74) is -0.118. The molecular weight excluding hydrogens is 356 g/mol. The lowest BCUT2D eigenvalue weighted by Crippen LogP contribution is -2.42. The lowest BCUT2D eigenvalue weighted by molar-refractivity contribution is -0.385. The summed E-state index contributed by atoms with van der Waals surface area (Å²) in [6.45, 7) is 1.49. The summed E-state index contributed by atoms with van der Waals surface area (Å²) >= 11 is 6.09. The molecule has 1 aliphatic rings. The molecule has 1 saturated heterocycles. The van der Waals surface area contributed by atoms with E-state index in [1.54, 1.807) is 0 Å². The van der Waals surface area contributed by atoms with Gasteiger partial charge in [-0.2, -0.15) is 0 Å². The van der Waals surface area contributed by atoms with Gasteiger partial charge >= 0.3 is 11.7 Å². The number of benzene rings is 1. The number of nitro benzene ring substituents is 1. The average Bonchev–Trinajstić information content (AvgIpc) is 2.81. The molecule has 0 aromatic heterocycles. The van der Waals surface area contributed by atoms with E-state index in [0.29, 0.717) is 5.56 Å². The summed E-state index contributed by atoms with van der Waals surface area (Å²) in [6, 6.07) is 2.87. The molecule has 0 aliphatic carbocycles. The molecule has 1 N–H and O–H groups in total. The van der Waals surface area contributed by atoms with E-state index in [2.05, 4.69) is 4.74 Å². The second-order valence-electron chi connectivity index (χ2n) is 4.76. The molecule has 1 atom stereocenters. The number of phenolic OH excluding ortho intramolecular Hbond substituents is 1. The second kappa shape index (κ2) is 6.97. The fourth-order valence-corrected chi connectivity index (χ4v) is 3.44. The summed E-state index contributed by atoms with van der Waals surface area (Å²) < 4.78 is 4.80. The first kappa shape index (κ1) is 17.9. The van der Waals surface area contributed by atoms with Crippen LogP contribution < -0.4 is 0 Å². The first-order chi connectivity index (χ1) is 11.3. The smallest absolute Gasteiger partial charge is 0.328 e. The van der Waals surface area contributed by atoms with Crippen molar-refractivity contribution in [2.75, 3.05) is 7.11 Å². The number of esters is 1. The Balaban J connectivity index is 2.34. The number of phenols is 1. The number of methoxy groups -OCH3 is 1. The molecule has 0 bridgehead atoms. The van der Waals surface area contributed by atoms with Gasteiger partial charge in [-0.25, -0.2) is 4.79 Å². The number of rotatable bonds is 4. The fourth-order valence-electron chi connectivity index (χ4n) is 2.02. The molecule has 2 rings (SSSR count). The Hall–Kier alpha value is -2.46. The zero-order chi connectivity index (χ0) is 18.0. The number of aromatic hydroxyl groups is 1. The number of thiocarbonyl (C=S) groups is 1. The van der Waals surface area contributed by atoms with Crippen molar-refractivity contribution in [1.29, 1.82) is 0 Å². The zero-order valence-electron chi connectivity index (χ0n) is 12.6. The topological polar surface area (TPSA) is 110 Å². The maximum atomic E-state index is 12.4. The highest BCUT2D eigenvalue weighted by atomic mass is 32.2. The third kappa shape index (κ3) is 3.39. The van der Waals surface area contributed by atoms with Crippen molar-refractivity contribution >= 4 is 51.9 Å². The molecule has 1 fully saturated rings. The van der Waals surface area contributed by atoms with Gasteiger partial charge in [0.25, 0.3) is 5.91 Å². The van der Waals surface area contributed by atoms with Crippen molar-refractivity contribution in [1.82, 2.24) is 4.90 Å². The Labute approximate surface area is 146 Å². The molecule has 8 nitrogen and oxygen atoms in total. The van der Waals surface area contributed by atoms with E-state index in [1.807, 2.05) is 0 Å². The molecule has 1 aromatic rings. The Bertz CT molecular complexity index is 777. The first-order valence-electron chi connectivity index (χ1n) is 6.58. The van der Waals surface area contributed by atoms with Crippen molar-refractivity contribution in [3.63, 3.8) is 0 Å². The highest BCUT2D eigenvalue weighted by molar-refractivity contribution is 8.26. The normalized spacial score (nSPS) is 17.2. The minimum Gasteiger partial charge on any atom is -0.502 e. The van der Waals surface area contributed by atoms with E-state index in [9.17, 15) is 24.8 Å². The van der Waals surface area contributed by atoms with Crippen LogP contribution in [0.2, 0.25) is 0 Å². The molecule has 1 aliphatic heterocycles. The maximum Gasteiger partial charge on any atom is 0.328 e. The van der Waals surface area contributed by atoms with Crippen molar-refractivity contribution in [3.8, 4) is 5.75 Å². The predicted molar refractivity (Wildman–Crippen MR) is 91.3 cm³/mol.